The molecular weight excluding hydrogens is 415 g/mol. The van der Waals surface area contributed by atoms with Crippen LogP contribution in [0.5, 0.6) is 11.5 Å². The van der Waals surface area contributed by atoms with E-state index in [2.05, 4.69) is 20.4 Å². The van der Waals surface area contributed by atoms with Gasteiger partial charge >= 0.3 is 6.18 Å². The number of fused-ring (bicyclic) bond motifs is 2. The monoisotopic (exact) mass is 433 g/mol. The zero-order chi connectivity index (χ0) is 22.0. The molecule has 0 spiro atoms. The van der Waals surface area contributed by atoms with E-state index in [1.54, 1.807) is 30.1 Å². The Morgan fingerprint density at radius 2 is 1.84 bits per heavy atom. The molecule has 0 bridgehead atoms. The molecule has 4 heterocycles. The standard InChI is InChI=1S/C19H18F3N7O2/c1-29-11(4-5-26-29)9-2-3-10(14-13(9)30-6-7-31-14)18(19(20,21)22)8-25-16-12(18)15(23)27-17(24)28-16/h2-5H,6-8H2,1H3,(H5,23,24,25,27,28). The zero-order valence-corrected chi connectivity index (χ0v) is 16.3. The van der Waals surface area contributed by atoms with Crippen LogP contribution in [-0.4, -0.2) is 45.7 Å². The molecule has 12 heteroatoms. The molecule has 162 valence electrons. The highest BCUT2D eigenvalue weighted by atomic mass is 19.4. The van der Waals surface area contributed by atoms with Crippen LogP contribution in [0, 0.1) is 0 Å². The van der Waals surface area contributed by atoms with Gasteiger partial charge in [-0.3, -0.25) is 4.68 Å². The Hall–Kier alpha value is -3.70. The third-order valence-corrected chi connectivity index (χ3v) is 5.63. The number of benzene rings is 1. The Bertz CT molecular complexity index is 1190. The summed E-state index contributed by atoms with van der Waals surface area (Å²) in [6.07, 6.45) is -3.16. The minimum atomic E-state index is -4.75. The lowest BCUT2D eigenvalue weighted by Gasteiger charge is -2.35. The van der Waals surface area contributed by atoms with E-state index in [9.17, 15) is 13.2 Å². The molecule has 0 radical (unpaired) electrons. The minimum Gasteiger partial charge on any atom is -0.486 e. The number of hydrogen-bond donors (Lipinski definition) is 3. The van der Waals surface area contributed by atoms with E-state index in [0.717, 1.165) is 0 Å². The van der Waals surface area contributed by atoms with Crippen LogP contribution >= 0.6 is 0 Å². The summed E-state index contributed by atoms with van der Waals surface area (Å²) in [7, 11) is 1.73. The van der Waals surface area contributed by atoms with Crippen molar-refractivity contribution in [3.05, 3.63) is 35.5 Å². The molecule has 2 aromatic heterocycles. The van der Waals surface area contributed by atoms with Gasteiger partial charge in [0.1, 0.15) is 30.3 Å². The number of nitrogens with zero attached hydrogens (tertiary/aromatic N) is 4. The summed E-state index contributed by atoms with van der Waals surface area (Å²) in [5.74, 6) is -0.378. The SMILES string of the molecule is Cn1nccc1-c1ccc(C2(C(F)(F)F)CNc3nc(N)nc(N)c32)c2c1OCCO2. The predicted molar refractivity (Wildman–Crippen MR) is 106 cm³/mol. The van der Waals surface area contributed by atoms with Gasteiger partial charge in [-0.25, -0.2) is 0 Å². The fourth-order valence-corrected chi connectivity index (χ4v) is 4.29. The van der Waals surface area contributed by atoms with E-state index < -0.39 is 18.1 Å². The lowest BCUT2D eigenvalue weighted by molar-refractivity contribution is -0.173. The van der Waals surface area contributed by atoms with Gasteiger partial charge in [-0.1, -0.05) is 6.07 Å². The van der Waals surface area contributed by atoms with E-state index in [1.807, 2.05) is 0 Å². The molecule has 5 rings (SSSR count). The highest BCUT2D eigenvalue weighted by Crippen LogP contribution is 2.58. The molecule has 3 aromatic rings. The van der Waals surface area contributed by atoms with E-state index in [1.165, 1.54) is 6.07 Å². The molecule has 2 aliphatic rings. The summed E-state index contributed by atoms with van der Waals surface area (Å²) < 4.78 is 57.5. The lowest BCUT2D eigenvalue weighted by Crippen LogP contribution is -2.46. The van der Waals surface area contributed by atoms with E-state index in [4.69, 9.17) is 20.9 Å². The molecule has 5 N–H and O–H groups in total. The second-order valence-corrected chi connectivity index (χ2v) is 7.30. The first-order valence-corrected chi connectivity index (χ1v) is 9.39. The third kappa shape index (κ3) is 2.60. The number of ether oxygens (including phenoxy) is 2. The van der Waals surface area contributed by atoms with E-state index in [0.29, 0.717) is 11.3 Å². The maximum Gasteiger partial charge on any atom is 0.404 e. The van der Waals surface area contributed by atoms with Crippen LogP contribution in [0.2, 0.25) is 0 Å². The van der Waals surface area contributed by atoms with Crippen LogP contribution in [0.25, 0.3) is 11.3 Å². The lowest BCUT2D eigenvalue weighted by atomic mass is 9.74. The molecule has 2 aliphatic heterocycles. The second-order valence-electron chi connectivity index (χ2n) is 7.30. The first-order valence-electron chi connectivity index (χ1n) is 9.39. The van der Waals surface area contributed by atoms with Gasteiger partial charge in [-0.2, -0.15) is 28.2 Å². The molecule has 1 aromatic carbocycles. The van der Waals surface area contributed by atoms with Crippen molar-refractivity contribution in [1.29, 1.82) is 0 Å². The Balaban J connectivity index is 1.81. The van der Waals surface area contributed by atoms with Gasteiger partial charge in [0.15, 0.2) is 11.5 Å². The van der Waals surface area contributed by atoms with Gasteiger partial charge in [0.05, 0.1) is 11.3 Å². The average molecular weight is 433 g/mol. The number of alkyl halides is 3. The fourth-order valence-electron chi connectivity index (χ4n) is 4.29. The number of aryl methyl sites for hydroxylation is 1. The quantitative estimate of drug-likeness (QED) is 0.561. The first kappa shape index (κ1) is 19.3. The predicted octanol–water partition coefficient (Wildman–Crippen LogP) is 2.09. The smallest absolute Gasteiger partial charge is 0.404 e. The maximum absolute atomic E-state index is 14.8. The van der Waals surface area contributed by atoms with Crippen molar-refractivity contribution in [2.24, 2.45) is 7.05 Å². The Morgan fingerprint density at radius 3 is 2.52 bits per heavy atom. The van der Waals surface area contributed by atoms with Crippen molar-refractivity contribution in [3.8, 4) is 22.8 Å². The van der Waals surface area contributed by atoms with Gasteiger partial charge in [-0.15, -0.1) is 0 Å². The summed E-state index contributed by atoms with van der Waals surface area (Å²) in [4.78, 5) is 7.70. The van der Waals surface area contributed by atoms with E-state index >= 15 is 0 Å². The number of nitrogens with two attached hydrogens (primary N) is 2. The molecule has 9 nitrogen and oxygen atoms in total. The van der Waals surface area contributed by atoms with Crippen molar-refractivity contribution < 1.29 is 22.6 Å². The minimum absolute atomic E-state index is 0.00755. The van der Waals surface area contributed by atoms with Crippen molar-refractivity contribution in [2.45, 2.75) is 11.6 Å². The second kappa shape index (κ2) is 6.40. The molecule has 1 atom stereocenters. The van der Waals surface area contributed by atoms with Crippen molar-refractivity contribution >= 4 is 17.6 Å². The third-order valence-electron chi connectivity index (χ3n) is 5.63. The van der Waals surface area contributed by atoms with Crippen LogP contribution in [0.1, 0.15) is 11.1 Å². The Labute approximate surface area is 174 Å². The number of aromatic nitrogens is 4. The zero-order valence-electron chi connectivity index (χ0n) is 16.3. The van der Waals surface area contributed by atoms with Crippen LogP contribution in [0.15, 0.2) is 24.4 Å². The molecule has 0 amide bonds. The number of anilines is 3. The molecular formula is C19H18F3N7O2. The van der Waals surface area contributed by atoms with Gasteiger partial charge < -0.3 is 26.3 Å². The van der Waals surface area contributed by atoms with E-state index in [-0.39, 0.29) is 53.4 Å². The maximum atomic E-state index is 14.8. The summed E-state index contributed by atoms with van der Waals surface area (Å²) in [5, 5.41) is 6.82. The molecule has 1 unspecified atom stereocenters. The summed E-state index contributed by atoms with van der Waals surface area (Å²) >= 11 is 0. The Morgan fingerprint density at radius 1 is 1.10 bits per heavy atom. The summed E-state index contributed by atoms with van der Waals surface area (Å²) in [6, 6.07) is 4.70. The number of nitrogens with one attached hydrogen (secondary N) is 1. The van der Waals surface area contributed by atoms with Gasteiger partial charge in [0.25, 0.3) is 0 Å². The van der Waals surface area contributed by atoms with Crippen LogP contribution in [0.4, 0.5) is 30.8 Å². The highest BCUT2D eigenvalue weighted by molar-refractivity contribution is 5.78. The molecule has 0 fully saturated rings. The Kier molecular flexibility index (Phi) is 3.98. The van der Waals surface area contributed by atoms with Crippen LogP contribution < -0.4 is 26.3 Å². The van der Waals surface area contributed by atoms with Gasteiger partial charge in [-0.05, 0) is 12.1 Å². The molecule has 31 heavy (non-hydrogen) atoms. The topological polar surface area (TPSA) is 126 Å². The molecule has 0 saturated carbocycles. The van der Waals surface area contributed by atoms with Crippen LogP contribution in [-0.2, 0) is 12.5 Å². The molecule has 0 saturated heterocycles. The number of nitrogen functional groups attached to an aromatic ring is 2. The van der Waals surface area contributed by atoms with Gasteiger partial charge in [0, 0.05) is 30.9 Å². The first-order chi connectivity index (χ1) is 14.7. The number of rotatable bonds is 2. The summed E-state index contributed by atoms with van der Waals surface area (Å²) in [5.41, 5.74) is 9.81. The fraction of sp³-hybridized carbons (Fsp3) is 0.316. The number of hydrogen-bond acceptors (Lipinski definition) is 8. The van der Waals surface area contributed by atoms with Crippen molar-refractivity contribution in [1.82, 2.24) is 19.7 Å². The number of halogens is 3. The van der Waals surface area contributed by atoms with Crippen LogP contribution in [0.3, 0.4) is 0 Å². The normalized spacial score (nSPS) is 19.7. The van der Waals surface area contributed by atoms with Gasteiger partial charge in [0.2, 0.25) is 5.95 Å². The summed E-state index contributed by atoms with van der Waals surface area (Å²) in [6.45, 7) is -0.219. The van der Waals surface area contributed by atoms with Crippen molar-refractivity contribution in [2.75, 3.05) is 36.5 Å². The average Bonchev–Trinajstić information content (AvgIpc) is 3.31. The molecule has 0 aliphatic carbocycles. The van der Waals surface area contributed by atoms with Crippen molar-refractivity contribution in [3.63, 3.8) is 0 Å². The largest absolute Gasteiger partial charge is 0.486 e. The highest BCUT2D eigenvalue weighted by Gasteiger charge is 2.63.